The third-order valence-corrected chi connectivity index (χ3v) is 9.58. The summed E-state index contributed by atoms with van der Waals surface area (Å²) in [6, 6.07) is 19.1. The molecule has 1 unspecified atom stereocenters. The summed E-state index contributed by atoms with van der Waals surface area (Å²) in [5.74, 6) is -0.953. The predicted octanol–water partition coefficient (Wildman–Crippen LogP) is 5.42. The molecule has 0 heterocycles. The molecule has 0 saturated heterocycles. The van der Waals surface area contributed by atoms with E-state index in [4.69, 9.17) is 0 Å². The quantitative estimate of drug-likeness (QED) is 0.217. The molecule has 1 aliphatic carbocycles. The van der Waals surface area contributed by atoms with Crippen LogP contribution in [0.5, 0.6) is 0 Å². The SMILES string of the molecule is CC(C(=O)NC1CCCCC1)N(Cc1cccc(Br)c1)C(=O)CN(c1cccc([N+](=O)[O-])c1)S(=O)(=O)c1ccccc1. The maximum absolute atomic E-state index is 14.0. The number of nitro groups is 1. The molecule has 0 bridgehead atoms. The highest BCUT2D eigenvalue weighted by Gasteiger charge is 2.33. The van der Waals surface area contributed by atoms with Gasteiger partial charge >= 0.3 is 0 Å². The summed E-state index contributed by atoms with van der Waals surface area (Å²) in [5.41, 5.74) is 0.380. The van der Waals surface area contributed by atoms with Gasteiger partial charge in [-0.1, -0.05) is 71.6 Å². The number of hydrogen-bond acceptors (Lipinski definition) is 6. The first-order valence-corrected chi connectivity index (χ1v) is 16.0. The van der Waals surface area contributed by atoms with E-state index < -0.39 is 33.4 Å². The first kappa shape index (κ1) is 31.2. The number of carbonyl (C=O) groups is 2. The van der Waals surface area contributed by atoms with Crippen LogP contribution in [-0.2, 0) is 26.2 Å². The minimum atomic E-state index is -4.32. The van der Waals surface area contributed by atoms with Crippen LogP contribution in [0.25, 0.3) is 0 Å². The molecule has 3 aromatic rings. The fourth-order valence-corrected chi connectivity index (χ4v) is 6.87. The molecule has 1 aliphatic rings. The second-order valence-electron chi connectivity index (χ2n) is 10.3. The number of non-ortho nitro benzene ring substituents is 1. The van der Waals surface area contributed by atoms with Gasteiger partial charge in [-0.2, -0.15) is 0 Å². The molecular formula is C30H33BrN4O6S. The third kappa shape index (κ3) is 7.74. The molecule has 4 rings (SSSR count). The minimum Gasteiger partial charge on any atom is -0.352 e. The number of nitrogens with one attached hydrogen (secondary N) is 1. The van der Waals surface area contributed by atoms with Gasteiger partial charge in [-0.25, -0.2) is 8.42 Å². The molecule has 42 heavy (non-hydrogen) atoms. The summed E-state index contributed by atoms with van der Waals surface area (Å²) in [6.07, 6.45) is 4.91. The Morgan fingerprint density at radius 2 is 1.69 bits per heavy atom. The normalized spacial score (nSPS) is 14.5. The van der Waals surface area contributed by atoms with Crippen molar-refractivity contribution in [3.8, 4) is 0 Å². The molecule has 1 saturated carbocycles. The van der Waals surface area contributed by atoms with Crippen LogP contribution >= 0.6 is 15.9 Å². The molecule has 1 atom stereocenters. The Bertz CT molecular complexity index is 1530. The topological polar surface area (TPSA) is 130 Å². The number of carbonyl (C=O) groups excluding carboxylic acids is 2. The van der Waals surface area contributed by atoms with Gasteiger partial charge in [0.15, 0.2) is 0 Å². The van der Waals surface area contributed by atoms with Crippen LogP contribution in [0.1, 0.15) is 44.6 Å². The first-order valence-electron chi connectivity index (χ1n) is 13.7. The van der Waals surface area contributed by atoms with E-state index in [1.54, 1.807) is 25.1 Å². The molecule has 222 valence electrons. The summed E-state index contributed by atoms with van der Waals surface area (Å²) in [7, 11) is -4.32. The Labute approximate surface area is 254 Å². The van der Waals surface area contributed by atoms with Gasteiger partial charge in [0.25, 0.3) is 15.7 Å². The van der Waals surface area contributed by atoms with Crippen molar-refractivity contribution in [3.63, 3.8) is 0 Å². The Hall–Kier alpha value is -3.77. The van der Waals surface area contributed by atoms with Crippen molar-refractivity contribution < 1.29 is 22.9 Å². The van der Waals surface area contributed by atoms with Crippen LogP contribution in [0.4, 0.5) is 11.4 Å². The van der Waals surface area contributed by atoms with Crippen molar-refractivity contribution in [2.45, 2.75) is 62.6 Å². The number of anilines is 1. The highest BCUT2D eigenvalue weighted by atomic mass is 79.9. The largest absolute Gasteiger partial charge is 0.352 e. The first-order chi connectivity index (χ1) is 20.1. The van der Waals surface area contributed by atoms with Crippen molar-refractivity contribution in [2.24, 2.45) is 0 Å². The highest BCUT2D eigenvalue weighted by molar-refractivity contribution is 9.10. The van der Waals surface area contributed by atoms with Gasteiger partial charge < -0.3 is 10.2 Å². The summed E-state index contributed by atoms with van der Waals surface area (Å²) in [6.45, 7) is 0.997. The smallest absolute Gasteiger partial charge is 0.271 e. The summed E-state index contributed by atoms with van der Waals surface area (Å²) < 4.78 is 29.3. The number of hydrogen-bond donors (Lipinski definition) is 1. The van der Waals surface area contributed by atoms with E-state index in [1.807, 2.05) is 24.3 Å². The lowest BCUT2D eigenvalue weighted by Gasteiger charge is -2.33. The van der Waals surface area contributed by atoms with Crippen LogP contribution in [0.2, 0.25) is 0 Å². The third-order valence-electron chi connectivity index (χ3n) is 7.30. The number of halogens is 1. The second-order valence-corrected chi connectivity index (χ2v) is 13.1. The lowest BCUT2D eigenvalue weighted by Crippen LogP contribution is -2.53. The average molecular weight is 658 g/mol. The molecule has 0 aromatic heterocycles. The molecule has 0 spiro atoms. The van der Waals surface area contributed by atoms with Gasteiger partial charge in [-0.05, 0) is 55.7 Å². The summed E-state index contributed by atoms with van der Waals surface area (Å²) in [5, 5.41) is 14.6. The van der Waals surface area contributed by atoms with E-state index in [0.29, 0.717) is 0 Å². The summed E-state index contributed by atoms with van der Waals surface area (Å²) in [4.78, 5) is 39.6. The van der Waals surface area contributed by atoms with Gasteiger partial charge in [0.2, 0.25) is 11.8 Å². The zero-order valence-corrected chi connectivity index (χ0v) is 25.6. The van der Waals surface area contributed by atoms with Crippen LogP contribution in [0.15, 0.2) is 88.2 Å². The molecule has 3 aromatic carbocycles. The van der Waals surface area contributed by atoms with Crippen molar-refractivity contribution in [2.75, 3.05) is 10.8 Å². The van der Waals surface area contributed by atoms with Crippen LogP contribution in [-0.4, -0.2) is 48.7 Å². The highest BCUT2D eigenvalue weighted by Crippen LogP contribution is 2.28. The molecular weight excluding hydrogens is 624 g/mol. The Morgan fingerprint density at radius 1 is 1.00 bits per heavy atom. The fourth-order valence-electron chi connectivity index (χ4n) is 4.99. The molecule has 1 fully saturated rings. The van der Waals surface area contributed by atoms with Crippen molar-refractivity contribution in [1.82, 2.24) is 10.2 Å². The standard InChI is InChI=1S/C30H33BrN4O6S/c1-22(30(37)32-25-12-4-2-5-13-25)33(20-23-10-8-11-24(31)18-23)29(36)21-34(26-14-9-15-27(19-26)35(38)39)42(40,41)28-16-6-3-7-17-28/h3,6-11,14-19,22,25H,2,4-5,12-13,20-21H2,1H3,(H,32,37). The zero-order chi connectivity index (χ0) is 30.3. The second kappa shape index (κ2) is 13.9. The molecule has 1 N–H and O–H groups in total. The predicted molar refractivity (Wildman–Crippen MR) is 163 cm³/mol. The fraction of sp³-hybridized carbons (Fsp3) is 0.333. The summed E-state index contributed by atoms with van der Waals surface area (Å²) >= 11 is 3.44. The van der Waals surface area contributed by atoms with E-state index in [1.165, 1.54) is 35.2 Å². The van der Waals surface area contributed by atoms with Crippen LogP contribution in [0.3, 0.4) is 0 Å². The van der Waals surface area contributed by atoms with Crippen molar-refractivity contribution in [3.05, 3.63) is 99.0 Å². The molecule has 0 radical (unpaired) electrons. The Morgan fingerprint density at radius 3 is 2.36 bits per heavy atom. The number of benzene rings is 3. The number of nitro benzene ring substituents is 1. The van der Waals surface area contributed by atoms with Crippen molar-refractivity contribution >= 4 is 49.1 Å². The maximum atomic E-state index is 14.0. The molecule has 12 heteroatoms. The van der Waals surface area contributed by atoms with Crippen LogP contribution in [0, 0.1) is 10.1 Å². The minimum absolute atomic E-state index is 0.0244. The van der Waals surface area contributed by atoms with E-state index in [-0.39, 0.29) is 34.8 Å². The van der Waals surface area contributed by atoms with E-state index in [9.17, 15) is 28.1 Å². The molecule has 10 nitrogen and oxygen atoms in total. The number of sulfonamides is 1. The van der Waals surface area contributed by atoms with Crippen LogP contribution < -0.4 is 9.62 Å². The lowest BCUT2D eigenvalue weighted by atomic mass is 9.95. The zero-order valence-electron chi connectivity index (χ0n) is 23.2. The van der Waals surface area contributed by atoms with Gasteiger partial charge in [0.1, 0.15) is 12.6 Å². The number of nitrogens with zero attached hydrogens (tertiary/aromatic N) is 3. The van der Waals surface area contributed by atoms with E-state index in [2.05, 4.69) is 21.2 Å². The monoisotopic (exact) mass is 656 g/mol. The number of amides is 2. The molecule has 2 amide bonds. The average Bonchev–Trinajstić information content (AvgIpc) is 2.99. The van der Waals surface area contributed by atoms with Gasteiger partial charge in [0.05, 0.1) is 15.5 Å². The molecule has 0 aliphatic heterocycles. The van der Waals surface area contributed by atoms with E-state index in [0.717, 1.165) is 52.5 Å². The Balaban J connectivity index is 1.70. The maximum Gasteiger partial charge on any atom is 0.271 e. The Kier molecular flexibility index (Phi) is 10.3. The van der Waals surface area contributed by atoms with Gasteiger partial charge in [-0.3, -0.25) is 24.0 Å². The van der Waals surface area contributed by atoms with Gasteiger partial charge in [0, 0.05) is 29.2 Å². The lowest BCUT2D eigenvalue weighted by molar-refractivity contribution is -0.384. The van der Waals surface area contributed by atoms with E-state index >= 15 is 0 Å². The van der Waals surface area contributed by atoms with Gasteiger partial charge in [-0.15, -0.1) is 0 Å². The number of rotatable bonds is 11. The van der Waals surface area contributed by atoms with Crippen molar-refractivity contribution in [1.29, 1.82) is 0 Å².